The van der Waals surface area contributed by atoms with E-state index in [1.165, 1.54) is 0 Å². The van der Waals surface area contributed by atoms with Crippen LogP contribution in [0.4, 0.5) is 0 Å². The number of ketones is 1. The van der Waals surface area contributed by atoms with E-state index in [1.807, 2.05) is 29.3 Å². The summed E-state index contributed by atoms with van der Waals surface area (Å²) in [7, 11) is 0. The van der Waals surface area contributed by atoms with Crippen LogP contribution in [0.5, 0.6) is 0 Å². The van der Waals surface area contributed by atoms with Crippen LogP contribution >= 0.6 is 11.6 Å². The summed E-state index contributed by atoms with van der Waals surface area (Å²) in [6, 6.07) is 7.54. The van der Waals surface area contributed by atoms with Crippen molar-refractivity contribution in [1.82, 2.24) is 10.0 Å². The summed E-state index contributed by atoms with van der Waals surface area (Å²) in [6.45, 7) is 6.72. The summed E-state index contributed by atoms with van der Waals surface area (Å²) < 4.78 is 5.45. The van der Waals surface area contributed by atoms with Crippen LogP contribution in [0.25, 0.3) is 0 Å². The van der Waals surface area contributed by atoms with Crippen LogP contribution in [0.15, 0.2) is 35.5 Å². The van der Waals surface area contributed by atoms with Crippen molar-refractivity contribution in [2.45, 2.75) is 39.0 Å². The van der Waals surface area contributed by atoms with Crippen molar-refractivity contribution in [2.75, 3.05) is 26.3 Å². The second-order valence-corrected chi connectivity index (χ2v) is 8.82. The molecule has 3 aliphatic rings. The second-order valence-electron chi connectivity index (χ2n) is 8.38. The van der Waals surface area contributed by atoms with E-state index in [9.17, 15) is 9.59 Å². The van der Waals surface area contributed by atoms with Gasteiger partial charge in [0.25, 0.3) is 0 Å². The summed E-state index contributed by atoms with van der Waals surface area (Å²) in [4.78, 5) is 26.4. The molecule has 0 bridgehead atoms. The lowest BCUT2D eigenvalue weighted by molar-refractivity contribution is -0.154. The van der Waals surface area contributed by atoms with Crippen LogP contribution in [-0.2, 0) is 14.3 Å². The highest BCUT2D eigenvalue weighted by atomic mass is 35.5. The van der Waals surface area contributed by atoms with Gasteiger partial charge in [0.1, 0.15) is 0 Å². The number of hydrazine groups is 1. The minimum absolute atomic E-state index is 0.0473. The number of allylic oxidation sites excluding steroid dienone is 2. The molecule has 1 aliphatic carbocycles. The Morgan fingerprint density at radius 3 is 2.59 bits per heavy atom. The molecule has 2 heterocycles. The summed E-state index contributed by atoms with van der Waals surface area (Å²) >= 11 is 6.19. The van der Waals surface area contributed by atoms with Gasteiger partial charge in [-0.3, -0.25) is 9.59 Å². The molecule has 4 rings (SSSR count). The third-order valence-electron chi connectivity index (χ3n) is 5.64. The van der Waals surface area contributed by atoms with Gasteiger partial charge in [-0.25, -0.2) is 10.0 Å². The maximum absolute atomic E-state index is 13.2. The number of hydrogen-bond donors (Lipinski definition) is 0. The smallest absolute Gasteiger partial charge is 0.242 e. The Balaban J connectivity index is 1.82. The number of benzene rings is 1. The molecule has 1 fully saturated rings. The average molecular weight is 389 g/mol. The molecule has 0 saturated carbocycles. The van der Waals surface area contributed by atoms with E-state index in [4.69, 9.17) is 16.3 Å². The van der Waals surface area contributed by atoms with E-state index in [0.29, 0.717) is 50.6 Å². The first-order valence-electron chi connectivity index (χ1n) is 9.53. The van der Waals surface area contributed by atoms with Crippen LogP contribution in [0.1, 0.15) is 44.6 Å². The first kappa shape index (κ1) is 18.7. The molecule has 6 heteroatoms. The van der Waals surface area contributed by atoms with Crippen molar-refractivity contribution in [3.05, 3.63) is 46.1 Å². The molecule has 1 aromatic carbocycles. The number of Topliss-reactive ketones (excluding diaryl/α,β-unsaturated/α-hetero) is 1. The third kappa shape index (κ3) is 3.56. The Kier molecular flexibility index (Phi) is 4.87. The topological polar surface area (TPSA) is 49.9 Å². The van der Waals surface area contributed by atoms with Crippen molar-refractivity contribution >= 4 is 23.3 Å². The van der Waals surface area contributed by atoms with Crippen LogP contribution < -0.4 is 0 Å². The monoisotopic (exact) mass is 388 g/mol. The van der Waals surface area contributed by atoms with Crippen molar-refractivity contribution in [2.24, 2.45) is 5.41 Å². The Morgan fingerprint density at radius 1 is 1.15 bits per heavy atom. The van der Waals surface area contributed by atoms with E-state index in [1.54, 1.807) is 5.01 Å². The van der Waals surface area contributed by atoms with Gasteiger partial charge in [0, 0.05) is 48.1 Å². The minimum Gasteiger partial charge on any atom is -0.379 e. The van der Waals surface area contributed by atoms with Gasteiger partial charge in [0.15, 0.2) is 5.78 Å². The van der Waals surface area contributed by atoms with Gasteiger partial charge in [-0.2, -0.15) is 0 Å². The minimum atomic E-state index is -0.216. The molecule has 0 N–H and O–H groups in total. The highest BCUT2D eigenvalue weighted by Gasteiger charge is 2.45. The van der Waals surface area contributed by atoms with Crippen molar-refractivity contribution < 1.29 is 14.3 Å². The molecule has 27 heavy (non-hydrogen) atoms. The predicted octanol–water partition coefficient (Wildman–Crippen LogP) is 3.55. The number of ether oxygens (including phenoxy) is 1. The molecule has 1 unspecified atom stereocenters. The first-order valence-corrected chi connectivity index (χ1v) is 9.91. The van der Waals surface area contributed by atoms with E-state index in [2.05, 4.69) is 13.8 Å². The summed E-state index contributed by atoms with van der Waals surface area (Å²) in [6.07, 6.45) is 1.52. The number of carbonyl (C=O) groups excluding carboxylic acids is 2. The number of hydrogen-bond acceptors (Lipinski definition) is 4. The number of halogens is 1. The summed E-state index contributed by atoms with van der Waals surface area (Å²) in [5, 5.41) is 4.46. The fourth-order valence-electron chi connectivity index (χ4n) is 4.49. The molecule has 0 spiro atoms. The molecule has 0 radical (unpaired) electrons. The van der Waals surface area contributed by atoms with E-state index in [0.717, 1.165) is 16.8 Å². The first-order chi connectivity index (χ1) is 12.9. The fourth-order valence-corrected chi connectivity index (χ4v) is 4.69. The zero-order valence-electron chi connectivity index (χ0n) is 15.8. The van der Waals surface area contributed by atoms with Gasteiger partial charge in [-0.05, 0) is 29.5 Å². The highest BCUT2D eigenvalue weighted by molar-refractivity contribution is 6.30. The number of carbonyl (C=O) groups is 2. The van der Waals surface area contributed by atoms with Gasteiger partial charge in [0.2, 0.25) is 5.91 Å². The molecule has 1 amide bonds. The Morgan fingerprint density at radius 2 is 1.89 bits per heavy atom. The second kappa shape index (κ2) is 7.04. The SMILES string of the molecule is CC1(C)CC(=O)C2=C(C1)N(N1CCOCC1)C(=O)CC2c1cccc(Cl)c1. The maximum atomic E-state index is 13.2. The lowest BCUT2D eigenvalue weighted by Crippen LogP contribution is -2.55. The largest absolute Gasteiger partial charge is 0.379 e. The molecular formula is C21H25ClN2O3. The van der Waals surface area contributed by atoms with Gasteiger partial charge in [-0.1, -0.05) is 37.6 Å². The molecule has 144 valence electrons. The zero-order chi connectivity index (χ0) is 19.2. The van der Waals surface area contributed by atoms with Gasteiger partial charge < -0.3 is 4.74 Å². The van der Waals surface area contributed by atoms with E-state index >= 15 is 0 Å². The number of morpholine rings is 1. The van der Waals surface area contributed by atoms with Crippen LogP contribution in [0.3, 0.4) is 0 Å². The Labute approximate surface area is 164 Å². The molecule has 1 aromatic rings. The lowest BCUT2D eigenvalue weighted by atomic mass is 9.69. The van der Waals surface area contributed by atoms with Crippen LogP contribution in [0.2, 0.25) is 5.02 Å². The van der Waals surface area contributed by atoms with Gasteiger partial charge >= 0.3 is 0 Å². The standard InChI is InChI=1S/C21H25ClN2O3/c1-21(2)12-17-20(18(25)13-21)16(14-4-3-5-15(22)10-14)11-19(26)24(17)23-6-8-27-9-7-23/h3-5,10,16H,6-9,11-13H2,1-2H3. The molecule has 1 atom stereocenters. The summed E-state index contributed by atoms with van der Waals surface area (Å²) in [5.41, 5.74) is 2.46. The molecular weight excluding hydrogens is 364 g/mol. The average Bonchev–Trinajstić information content (AvgIpc) is 2.60. The van der Waals surface area contributed by atoms with Crippen molar-refractivity contribution in [3.8, 4) is 0 Å². The van der Waals surface area contributed by atoms with Crippen molar-refractivity contribution in [3.63, 3.8) is 0 Å². The van der Waals surface area contributed by atoms with Crippen LogP contribution in [0, 0.1) is 5.41 Å². The summed E-state index contributed by atoms with van der Waals surface area (Å²) in [5.74, 6) is -0.0183. The van der Waals surface area contributed by atoms with E-state index < -0.39 is 0 Å². The van der Waals surface area contributed by atoms with Crippen molar-refractivity contribution in [1.29, 1.82) is 0 Å². The quantitative estimate of drug-likeness (QED) is 0.777. The molecule has 1 saturated heterocycles. The predicted molar refractivity (Wildman–Crippen MR) is 103 cm³/mol. The highest BCUT2D eigenvalue weighted by Crippen LogP contribution is 2.47. The van der Waals surface area contributed by atoms with Crippen LogP contribution in [-0.4, -0.2) is 48.0 Å². The Bertz CT molecular complexity index is 811. The lowest BCUT2D eigenvalue weighted by Gasteiger charge is -2.47. The number of nitrogens with zero attached hydrogens (tertiary/aromatic N) is 2. The molecule has 0 aromatic heterocycles. The van der Waals surface area contributed by atoms with Gasteiger partial charge in [-0.15, -0.1) is 0 Å². The molecule has 5 nitrogen and oxygen atoms in total. The van der Waals surface area contributed by atoms with E-state index in [-0.39, 0.29) is 23.0 Å². The Hall–Kier alpha value is -1.69. The number of rotatable bonds is 2. The van der Waals surface area contributed by atoms with Gasteiger partial charge in [0.05, 0.1) is 13.2 Å². The maximum Gasteiger partial charge on any atom is 0.242 e. The molecule has 2 aliphatic heterocycles. The fraction of sp³-hybridized carbons (Fsp3) is 0.524. The normalized spacial score (nSPS) is 26.3. The third-order valence-corrected chi connectivity index (χ3v) is 5.87. The zero-order valence-corrected chi connectivity index (χ0v) is 16.6. The number of amides is 1.